The molecule has 0 aliphatic carbocycles. The first-order valence-corrected chi connectivity index (χ1v) is 5.10. The summed E-state index contributed by atoms with van der Waals surface area (Å²) < 4.78 is 20.8. The Balaban J connectivity index is 2.63. The number of thiazole rings is 1. The van der Waals surface area contributed by atoms with Crippen molar-refractivity contribution >= 4 is 33.7 Å². The van der Waals surface area contributed by atoms with Gasteiger partial charge in [0.25, 0.3) is 11.3 Å². The Morgan fingerprint density at radius 3 is 3.00 bits per heavy atom. The number of aromatic nitrogens is 1. The van der Waals surface area contributed by atoms with Gasteiger partial charge in [-0.05, 0) is 0 Å². The molecule has 13 heavy (non-hydrogen) atoms. The molecule has 1 rings (SSSR count). The van der Waals surface area contributed by atoms with E-state index in [4.69, 9.17) is 9.66 Å². The maximum Gasteiger partial charge on any atom is 0.309 e. The van der Waals surface area contributed by atoms with Gasteiger partial charge >= 0.3 is 5.97 Å². The smallest absolute Gasteiger partial charge is 0.309 e. The molecule has 0 aromatic carbocycles. The van der Waals surface area contributed by atoms with Crippen molar-refractivity contribution in [2.45, 2.75) is 6.42 Å². The van der Waals surface area contributed by atoms with E-state index < -0.39 is 17.2 Å². The fourth-order valence-electron chi connectivity index (χ4n) is 0.665. The Labute approximate surface area is 80.0 Å². The molecule has 72 valence electrons. The second kappa shape index (κ2) is 4.30. The van der Waals surface area contributed by atoms with Crippen LogP contribution in [0.4, 0.5) is 5.13 Å². The van der Waals surface area contributed by atoms with Gasteiger partial charge in [-0.1, -0.05) is 0 Å². The van der Waals surface area contributed by atoms with E-state index in [0.29, 0.717) is 5.69 Å². The van der Waals surface area contributed by atoms with Crippen LogP contribution in [0.3, 0.4) is 0 Å². The van der Waals surface area contributed by atoms with Crippen LogP contribution in [-0.4, -0.2) is 24.8 Å². The van der Waals surface area contributed by atoms with Crippen LogP contribution in [0.2, 0.25) is 0 Å². The van der Waals surface area contributed by atoms with Crippen LogP contribution in [0.5, 0.6) is 0 Å². The Bertz CT molecular complexity index is 307. The van der Waals surface area contributed by atoms with Crippen molar-refractivity contribution in [3.63, 3.8) is 0 Å². The Hall–Kier alpha value is -0.990. The second-order valence-electron chi connectivity index (χ2n) is 2.07. The number of carboxylic acids is 1. The predicted octanol–water partition coefficient (Wildman–Crippen LogP) is 0.319. The zero-order valence-electron chi connectivity index (χ0n) is 6.26. The molecule has 1 aromatic heterocycles. The number of hydrogen-bond acceptors (Lipinski definition) is 4. The van der Waals surface area contributed by atoms with E-state index in [1.54, 1.807) is 0 Å². The van der Waals surface area contributed by atoms with Crippen LogP contribution in [0.15, 0.2) is 5.38 Å². The maximum atomic E-state index is 10.3. The third-order valence-corrected chi connectivity index (χ3v) is 2.36. The summed E-state index contributed by atoms with van der Waals surface area (Å²) in [5, 5.41) is 10.1. The Kier molecular flexibility index (Phi) is 3.34. The molecule has 0 fully saturated rings. The molecule has 0 spiro atoms. The highest BCUT2D eigenvalue weighted by Crippen LogP contribution is 2.15. The van der Waals surface area contributed by atoms with Crippen LogP contribution in [0.1, 0.15) is 5.69 Å². The standard InChI is InChI=1S/C5H6N2O4S2/c8-4(9)1-3-2-12-5(6-3)7-13(10)11/h2H,1H2,(H,6,7)(H,8,9)(H,10,11). The van der Waals surface area contributed by atoms with Gasteiger partial charge in [0.1, 0.15) is 0 Å². The van der Waals surface area contributed by atoms with Crippen molar-refractivity contribution in [2.75, 3.05) is 4.72 Å². The topological polar surface area (TPSA) is 99.5 Å². The Morgan fingerprint density at radius 1 is 1.77 bits per heavy atom. The van der Waals surface area contributed by atoms with Crippen molar-refractivity contribution in [1.82, 2.24) is 4.98 Å². The molecular formula is C5H6N2O4S2. The van der Waals surface area contributed by atoms with E-state index in [1.807, 2.05) is 0 Å². The molecule has 0 saturated heterocycles. The second-order valence-corrected chi connectivity index (χ2v) is 3.63. The molecule has 8 heteroatoms. The summed E-state index contributed by atoms with van der Waals surface area (Å²) in [5.74, 6) is -0.984. The van der Waals surface area contributed by atoms with Gasteiger partial charge in [-0.25, -0.2) is 9.19 Å². The zero-order chi connectivity index (χ0) is 9.84. The lowest BCUT2D eigenvalue weighted by Gasteiger charge is -1.92. The van der Waals surface area contributed by atoms with Gasteiger partial charge in [0.2, 0.25) is 0 Å². The monoisotopic (exact) mass is 222 g/mol. The average molecular weight is 222 g/mol. The van der Waals surface area contributed by atoms with Gasteiger partial charge in [0.05, 0.1) is 12.1 Å². The van der Waals surface area contributed by atoms with Gasteiger partial charge in [-0.15, -0.1) is 11.3 Å². The molecule has 1 unspecified atom stereocenters. The SMILES string of the molecule is O=C(O)Cc1csc(NS(=O)O)n1. The summed E-state index contributed by atoms with van der Waals surface area (Å²) in [7, 11) is 0. The quantitative estimate of drug-likeness (QED) is 0.637. The number of carboxylic acid groups (broad SMARTS) is 1. The minimum atomic E-state index is -2.17. The number of anilines is 1. The van der Waals surface area contributed by atoms with Gasteiger partial charge in [0, 0.05) is 5.38 Å². The predicted molar refractivity (Wildman–Crippen MR) is 47.8 cm³/mol. The van der Waals surface area contributed by atoms with E-state index in [2.05, 4.69) is 9.71 Å². The fraction of sp³-hybridized carbons (Fsp3) is 0.200. The summed E-state index contributed by atoms with van der Waals surface area (Å²) >= 11 is -1.08. The summed E-state index contributed by atoms with van der Waals surface area (Å²) in [6.07, 6.45) is -0.184. The molecule has 0 aliphatic rings. The van der Waals surface area contributed by atoms with E-state index in [9.17, 15) is 9.00 Å². The highest BCUT2D eigenvalue weighted by atomic mass is 32.2. The first kappa shape index (κ1) is 10.1. The first-order chi connectivity index (χ1) is 6.08. The lowest BCUT2D eigenvalue weighted by atomic mass is 10.3. The minimum Gasteiger partial charge on any atom is -0.481 e. The summed E-state index contributed by atoms with van der Waals surface area (Å²) in [6.45, 7) is 0. The van der Waals surface area contributed by atoms with Crippen molar-refractivity contribution in [3.05, 3.63) is 11.1 Å². The molecule has 1 aromatic rings. The van der Waals surface area contributed by atoms with Gasteiger partial charge in [-0.2, -0.15) is 0 Å². The lowest BCUT2D eigenvalue weighted by Crippen LogP contribution is -2.03. The molecule has 0 bridgehead atoms. The van der Waals surface area contributed by atoms with E-state index in [1.165, 1.54) is 5.38 Å². The van der Waals surface area contributed by atoms with Crippen molar-refractivity contribution in [2.24, 2.45) is 0 Å². The van der Waals surface area contributed by atoms with E-state index in [0.717, 1.165) is 11.3 Å². The molecule has 1 atom stereocenters. The van der Waals surface area contributed by atoms with Gasteiger partial charge in [-0.3, -0.25) is 14.1 Å². The zero-order valence-corrected chi connectivity index (χ0v) is 7.89. The summed E-state index contributed by atoms with van der Waals surface area (Å²) in [4.78, 5) is 14.0. The van der Waals surface area contributed by atoms with Crippen molar-refractivity contribution in [3.8, 4) is 0 Å². The summed E-state index contributed by atoms with van der Waals surface area (Å²) in [6, 6.07) is 0. The van der Waals surface area contributed by atoms with Crippen LogP contribution in [-0.2, 0) is 22.5 Å². The number of hydrogen-bond donors (Lipinski definition) is 3. The number of rotatable bonds is 4. The number of aliphatic carboxylic acids is 1. The maximum absolute atomic E-state index is 10.3. The summed E-state index contributed by atoms with van der Waals surface area (Å²) in [5.41, 5.74) is 0.366. The van der Waals surface area contributed by atoms with Crippen molar-refractivity contribution < 1.29 is 18.7 Å². The molecule has 1 heterocycles. The third-order valence-electron chi connectivity index (χ3n) is 1.06. The normalized spacial score (nSPS) is 12.4. The number of carbonyl (C=O) groups is 1. The molecule has 0 amide bonds. The first-order valence-electron chi connectivity index (χ1n) is 3.11. The Morgan fingerprint density at radius 2 is 2.46 bits per heavy atom. The highest BCUT2D eigenvalue weighted by molar-refractivity contribution is 7.80. The molecule has 0 saturated carbocycles. The number of nitrogens with zero attached hydrogens (tertiary/aromatic N) is 1. The van der Waals surface area contributed by atoms with E-state index in [-0.39, 0.29) is 11.6 Å². The molecular weight excluding hydrogens is 216 g/mol. The minimum absolute atomic E-state index is 0.184. The average Bonchev–Trinajstić information content (AvgIpc) is 2.33. The van der Waals surface area contributed by atoms with Crippen LogP contribution in [0.25, 0.3) is 0 Å². The van der Waals surface area contributed by atoms with Gasteiger partial charge in [0.15, 0.2) is 5.13 Å². The van der Waals surface area contributed by atoms with E-state index >= 15 is 0 Å². The largest absolute Gasteiger partial charge is 0.481 e. The highest BCUT2D eigenvalue weighted by Gasteiger charge is 2.06. The van der Waals surface area contributed by atoms with Crippen LogP contribution < -0.4 is 4.72 Å². The third kappa shape index (κ3) is 3.49. The van der Waals surface area contributed by atoms with Crippen LogP contribution >= 0.6 is 11.3 Å². The fourth-order valence-corrected chi connectivity index (χ4v) is 1.82. The molecule has 0 aliphatic heterocycles. The lowest BCUT2D eigenvalue weighted by molar-refractivity contribution is -0.136. The molecule has 3 N–H and O–H groups in total. The molecule has 0 radical (unpaired) electrons. The number of nitrogens with one attached hydrogen (secondary N) is 1. The van der Waals surface area contributed by atoms with Crippen LogP contribution in [0, 0.1) is 0 Å². The van der Waals surface area contributed by atoms with Crippen molar-refractivity contribution in [1.29, 1.82) is 0 Å². The molecule has 6 nitrogen and oxygen atoms in total. The van der Waals surface area contributed by atoms with Gasteiger partial charge < -0.3 is 5.11 Å².